The fourth-order valence-corrected chi connectivity index (χ4v) is 3.86. The molecule has 0 amide bonds. The number of ether oxygens (including phenoxy) is 1. The first-order valence-electron chi connectivity index (χ1n) is 8.39. The lowest BCUT2D eigenvalue weighted by Crippen LogP contribution is -2.38. The van der Waals surface area contributed by atoms with Crippen molar-refractivity contribution in [1.29, 1.82) is 0 Å². The molecule has 7 heteroatoms. The summed E-state index contributed by atoms with van der Waals surface area (Å²) in [7, 11) is -3.68. The van der Waals surface area contributed by atoms with Crippen LogP contribution in [0.1, 0.15) is 18.9 Å². The largest absolute Gasteiger partial charge is 0.382 e. The maximum Gasteiger partial charge on any atom is 0.211 e. The zero-order chi connectivity index (χ0) is 18.9. The standard InChI is InChI=1S/C19H22FNO4S/c1-13(26(21,23)24)10-16-11-25-12-19(16,22)15-8-6-14(7-9-15)17-4-2-3-5-18(17)20/h2-9,13,16,22H,10-12H2,1H3,(H2,21,23,24). The summed E-state index contributed by atoms with van der Waals surface area (Å²) in [6.45, 7) is 1.86. The molecule has 5 nitrogen and oxygen atoms in total. The van der Waals surface area contributed by atoms with Gasteiger partial charge in [-0.15, -0.1) is 0 Å². The number of rotatable bonds is 5. The maximum atomic E-state index is 13.9. The number of nitrogens with two attached hydrogens (primary N) is 1. The van der Waals surface area contributed by atoms with Gasteiger partial charge in [-0.1, -0.05) is 42.5 Å². The molecular formula is C19H22FNO4S. The minimum Gasteiger partial charge on any atom is -0.382 e. The highest BCUT2D eigenvalue weighted by Crippen LogP contribution is 2.39. The number of sulfonamides is 1. The quantitative estimate of drug-likeness (QED) is 0.835. The molecule has 26 heavy (non-hydrogen) atoms. The van der Waals surface area contributed by atoms with Crippen LogP contribution in [0.25, 0.3) is 11.1 Å². The van der Waals surface area contributed by atoms with E-state index in [-0.39, 0.29) is 25.5 Å². The van der Waals surface area contributed by atoms with E-state index in [9.17, 15) is 17.9 Å². The first kappa shape index (κ1) is 19.0. The molecular weight excluding hydrogens is 357 g/mol. The minimum atomic E-state index is -3.68. The maximum absolute atomic E-state index is 13.9. The molecule has 0 radical (unpaired) electrons. The van der Waals surface area contributed by atoms with Gasteiger partial charge < -0.3 is 9.84 Å². The van der Waals surface area contributed by atoms with E-state index in [2.05, 4.69) is 0 Å². The van der Waals surface area contributed by atoms with Gasteiger partial charge in [0.2, 0.25) is 10.0 Å². The van der Waals surface area contributed by atoms with Gasteiger partial charge in [0.05, 0.1) is 18.5 Å². The first-order valence-corrected chi connectivity index (χ1v) is 10.00. The molecule has 1 fully saturated rings. The van der Waals surface area contributed by atoms with Crippen LogP contribution >= 0.6 is 0 Å². The van der Waals surface area contributed by atoms with Crippen LogP contribution in [0.5, 0.6) is 0 Å². The van der Waals surface area contributed by atoms with Gasteiger partial charge in [-0.25, -0.2) is 17.9 Å². The fraction of sp³-hybridized carbons (Fsp3) is 0.368. The Hall–Kier alpha value is -1.80. The van der Waals surface area contributed by atoms with Crippen molar-refractivity contribution in [3.63, 3.8) is 0 Å². The Morgan fingerprint density at radius 3 is 2.54 bits per heavy atom. The van der Waals surface area contributed by atoms with Crippen LogP contribution in [0.4, 0.5) is 4.39 Å². The normalized spacial score (nSPS) is 24.5. The van der Waals surface area contributed by atoms with E-state index in [0.717, 1.165) is 0 Å². The van der Waals surface area contributed by atoms with Crippen LogP contribution in [-0.2, 0) is 20.4 Å². The van der Waals surface area contributed by atoms with Gasteiger partial charge in [-0.2, -0.15) is 0 Å². The topological polar surface area (TPSA) is 89.6 Å². The SMILES string of the molecule is CC(CC1COCC1(O)c1ccc(-c2ccccc2F)cc1)S(N)(=O)=O. The molecule has 0 aromatic heterocycles. The van der Waals surface area contributed by atoms with Gasteiger partial charge in [-0.3, -0.25) is 0 Å². The van der Waals surface area contributed by atoms with Gasteiger partial charge in [0.1, 0.15) is 11.4 Å². The van der Waals surface area contributed by atoms with Crippen molar-refractivity contribution < 1.29 is 22.7 Å². The lowest BCUT2D eigenvalue weighted by Gasteiger charge is -2.30. The van der Waals surface area contributed by atoms with Crippen LogP contribution in [0.2, 0.25) is 0 Å². The molecule has 1 heterocycles. The molecule has 0 bridgehead atoms. The number of halogens is 1. The number of primary sulfonamides is 1. The molecule has 0 aliphatic carbocycles. The average molecular weight is 379 g/mol. The second-order valence-electron chi connectivity index (χ2n) is 6.83. The van der Waals surface area contributed by atoms with E-state index < -0.39 is 26.8 Å². The van der Waals surface area contributed by atoms with Gasteiger partial charge >= 0.3 is 0 Å². The van der Waals surface area contributed by atoms with E-state index in [0.29, 0.717) is 16.7 Å². The summed E-state index contributed by atoms with van der Waals surface area (Å²) in [4.78, 5) is 0. The lowest BCUT2D eigenvalue weighted by molar-refractivity contribution is -0.00577. The Morgan fingerprint density at radius 2 is 1.92 bits per heavy atom. The Labute approximate surface area is 152 Å². The Balaban J connectivity index is 1.86. The van der Waals surface area contributed by atoms with Crippen molar-refractivity contribution in [3.8, 4) is 11.1 Å². The third-order valence-electron chi connectivity index (χ3n) is 5.06. The highest BCUT2D eigenvalue weighted by atomic mass is 32.2. The minimum absolute atomic E-state index is 0.0774. The van der Waals surface area contributed by atoms with Gasteiger partial charge in [0.25, 0.3) is 0 Å². The third-order valence-corrected chi connectivity index (χ3v) is 6.38. The van der Waals surface area contributed by atoms with Gasteiger partial charge in [-0.05, 0) is 30.5 Å². The predicted octanol–water partition coefficient (Wildman–Crippen LogP) is 2.39. The van der Waals surface area contributed by atoms with Crippen LogP contribution < -0.4 is 5.14 Å². The number of hydrogen-bond acceptors (Lipinski definition) is 4. The lowest BCUT2D eigenvalue weighted by atomic mass is 9.81. The van der Waals surface area contributed by atoms with E-state index in [4.69, 9.17) is 9.88 Å². The Morgan fingerprint density at radius 1 is 1.27 bits per heavy atom. The second kappa shape index (κ2) is 7.08. The molecule has 2 aromatic rings. The molecule has 3 unspecified atom stereocenters. The zero-order valence-electron chi connectivity index (χ0n) is 14.4. The molecule has 2 aromatic carbocycles. The summed E-state index contributed by atoms with van der Waals surface area (Å²) in [5.74, 6) is -0.710. The van der Waals surface area contributed by atoms with Crippen LogP contribution in [0.3, 0.4) is 0 Å². The van der Waals surface area contributed by atoms with E-state index in [1.807, 2.05) is 0 Å². The molecule has 1 aliphatic rings. The summed E-state index contributed by atoms with van der Waals surface area (Å²) >= 11 is 0. The van der Waals surface area contributed by atoms with Crippen molar-refractivity contribution in [3.05, 3.63) is 59.9 Å². The van der Waals surface area contributed by atoms with Gasteiger partial charge in [0, 0.05) is 11.5 Å². The van der Waals surface area contributed by atoms with Crippen molar-refractivity contribution in [2.75, 3.05) is 13.2 Å². The third kappa shape index (κ3) is 3.66. The summed E-state index contributed by atoms with van der Waals surface area (Å²) in [6.07, 6.45) is 0.199. The number of benzene rings is 2. The van der Waals surface area contributed by atoms with E-state index >= 15 is 0 Å². The zero-order valence-corrected chi connectivity index (χ0v) is 15.2. The molecule has 3 N–H and O–H groups in total. The molecule has 0 saturated carbocycles. The summed E-state index contributed by atoms with van der Waals surface area (Å²) < 4.78 is 42.4. The molecule has 3 rings (SSSR count). The second-order valence-corrected chi connectivity index (χ2v) is 8.81. The summed E-state index contributed by atoms with van der Waals surface area (Å²) in [6, 6.07) is 13.4. The summed E-state index contributed by atoms with van der Waals surface area (Å²) in [5, 5.41) is 15.5. The van der Waals surface area contributed by atoms with Crippen molar-refractivity contribution in [2.24, 2.45) is 11.1 Å². The van der Waals surface area contributed by atoms with E-state index in [1.165, 1.54) is 13.0 Å². The van der Waals surface area contributed by atoms with E-state index in [1.54, 1.807) is 42.5 Å². The molecule has 1 aliphatic heterocycles. The molecule has 140 valence electrons. The number of aliphatic hydroxyl groups is 1. The van der Waals surface area contributed by atoms with Crippen molar-refractivity contribution >= 4 is 10.0 Å². The molecule has 1 saturated heterocycles. The highest BCUT2D eigenvalue weighted by Gasteiger charge is 2.45. The smallest absolute Gasteiger partial charge is 0.211 e. The van der Waals surface area contributed by atoms with Crippen LogP contribution in [0.15, 0.2) is 48.5 Å². The molecule has 3 atom stereocenters. The van der Waals surface area contributed by atoms with Gasteiger partial charge in [0.15, 0.2) is 0 Å². The predicted molar refractivity (Wildman–Crippen MR) is 97.2 cm³/mol. The highest BCUT2D eigenvalue weighted by molar-refractivity contribution is 7.89. The van der Waals surface area contributed by atoms with Crippen molar-refractivity contribution in [1.82, 2.24) is 0 Å². The van der Waals surface area contributed by atoms with Crippen LogP contribution in [-0.4, -0.2) is 32.0 Å². The first-order chi connectivity index (χ1) is 12.2. The monoisotopic (exact) mass is 379 g/mol. The fourth-order valence-electron chi connectivity index (χ4n) is 3.36. The Bertz CT molecular complexity index is 885. The molecule has 0 spiro atoms. The van der Waals surface area contributed by atoms with Crippen LogP contribution in [0, 0.1) is 11.7 Å². The van der Waals surface area contributed by atoms with Crippen molar-refractivity contribution in [2.45, 2.75) is 24.2 Å². The average Bonchev–Trinajstić information content (AvgIpc) is 2.96. The Kier molecular flexibility index (Phi) is 5.16. The number of hydrogen-bond donors (Lipinski definition) is 2. The summed E-state index contributed by atoms with van der Waals surface area (Å²) in [5.41, 5.74) is 0.492.